The zero-order chi connectivity index (χ0) is 16.3. The van der Waals surface area contributed by atoms with Gasteiger partial charge in [-0.3, -0.25) is 0 Å². The van der Waals surface area contributed by atoms with Gasteiger partial charge in [0.25, 0.3) is 0 Å². The number of nitrogens with one attached hydrogen (secondary N) is 2. The van der Waals surface area contributed by atoms with Crippen LogP contribution in [0, 0.1) is 0 Å². The van der Waals surface area contributed by atoms with E-state index in [0.717, 1.165) is 5.69 Å². The molecule has 2 N–H and O–H groups in total. The molecule has 23 heavy (non-hydrogen) atoms. The molecule has 1 aromatic carbocycles. The lowest BCUT2D eigenvalue weighted by molar-refractivity contribution is 0.417. The Morgan fingerprint density at radius 3 is 2.74 bits per heavy atom. The number of hydrogen-bond acceptors (Lipinski definition) is 7. The third-order valence-corrected chi connectivity index (χ3v) is 5.39. The van der Waals surface area contributed by atoms with Gasteiger partial charge in [-0.1, -0.05) is 12.1 Å². The molecular formula is C15H18N4O3S. The molecule has 122 valence electrons. The van der Waals surface area contributed by atoms with Gasteiger partial charge in [0.15, 0.2) is 9.84 Å². The molecule has 8 heteroatoms. The van der Waals surface area contributed by atoms with Crippen molar-refractivity contribution in [1.29, 1.82) is 0 Å². The molecule has 0 bridgehead atoms. The van der Waals surface area contributed by atoms with Crippen molar-refractivity contribution in [2.75, 3.05) is 29.2 Å². The van der Waals surface area contributed by atoms with Crippen LogP contribution in [-0.2, 0) is 9.84 Å². The van der Waals surface area contributed by atoms with E-state index < -0.39 is 9.84 Å². The lowest BCUT2D eigenvalue weighted by Crippen LogP contribution is -2.21. The van der Waals surface area contributed by atoms with Crippen molar-refractivity contribution in [2.45, 2.75) is 12.5 Å². The predicted molar refractivity (Wildman–Crippen MR) is 89.0 cm³/mol. The Morgan fingerprint density at radius 1 is 1.22 bits per heavy atom. The number of rotatable bonds is 5. The van der Waals surface area contributed by atoms with Gasteiger partial charge in [0.05, 0.1) is 24.3 Å². The molecule has 1 aliphatic heterocycles. The molecule has 1 fully saturated rings. The first kappa shape index (κ1) is 15.5. The van der Waals surface area contributed by atoms with Gasteiger partial charge in [0.1, 0.15) is 23.7 Å². The highest BCUT2D eigenvalue weighted by Gasteiger charge is 2.27. The zero-order valence-corrected chi connectivity index (χ0v) is 13.5. The highest BCUT2D eigenvalue weighted by Crippen LogP contribution is 2.26. The highest BCUT2D eigenvalue weighted by atomic mass is 32.2. The van der Waals surface area contributed by atoms with Crippen molar-refractivity contribution in [1.82, 2.24) is 9.97 Å². The van der Waals surface area contributed by atoms with E-state index in [1.54, 1.807) is 13.2 Å². The van der Waals surface area contributed by atoms with Crippen molar-refractivity contribution in [2.24, 2.45) is 0 Å². The maximum Gasteiger partial charge on any atom is 0.152 e. The van der Waals surface area contributed by atoms with Crippen molar-refractivity contribution >= 4 is 27.2 Å². The number of benzene rings is 1. The molecule has 1 atom stereocenters. The number of anilines is 3. The molecule has 0 radical (unpaired) electrons. The van der Waals surface area contributed by atoms with Crippen LogP contribution >= 0.6 is 0 Å². The first-order valence-corrected chi connectivity index (χ1v) is 9.07. The van der Waals surface area contributed by atoms with Crippen LogP contribution in [0.3, 0.4) is 0 Å². The van der Waals surface area contributed by atoms with E-state index in [1.165, 1.54) is 6.33 Å². The van der Waals surface area contributed by atoms with Crippen molar-refractivity contribution in [3.63, 3.8) is 0 Å². The summed E-state index contributed by atoms with van der Waals surface area (Å²) in [5, 5.41) is 6.32. The van der Waals surface area contributed by atoms with Gasteiger partial charge in [-0.25, -0.2) is 18.4 Å². The average molecular weight is 334 g/mol. The first-order chi connectivity index (χ1) is 11.1. The fourth-order valence-electron chi connectivity index (χ4n) is 2.51. The number of aromatic nitrogens is 2. The molecule has 7 nitrogen and oxygen atoms in total. The summed E-state index contributed by atoms with van der Waals surface area (Å²) in [5.74, 6) is 2.28. The van der Waals surface area contributed by atoms with Crippen LogP contribution in [0.15, 0.2) is 36.7 Å². The second kappa shape index (κ2) is 6.41. The van der Waals surface area contributed by atoms with Crippen molar-refractivity contribution in [3.05, 3.63) is 36.7 Å². The van der Waals surface area contributed by atoms with Crippen molar-refractivity contribution in [3.8, 4) is 5.75 Å². The maximum atomic E-state index is 11.5. The Kier molecular flexibility index (Phi) is 4.33. The molecule has 0 amide bonds. The molecule has 1 unspecified atom stereocenters. The summed E-state index contributed by atoms with van der Waals surface area (Å²) in [4.78, 5) is 8.32. The first-order valence-electron chi connectivity index (χ1n) is 7.25. The number of methoxy groups -OCH3 is 1. The number of hydrogen-bond donors (Lipinski definition) is 2. The molecule has 0 aliphatic carbocycles. The van der Waals surface area contributed by atoms with Gasteiger partial charge >= 0.3 is 0 Å². The Morgan fingerprint density at radius 2 is 2.00 bits per heavy atom. The van der Waals surface area contributed by atoms with Gasteiger partial charge in [-0.15, -0.1) is 0 Å². The van der Waals surface area contributed by atoms with Crippen LogP contribution < -0.4 is 15.4 Å². The number of nitrogens with zero attached hydrogens (tertiary/aromatic N) is 2. The molecular weight excluding hydrogens is 316 g/mol. The summed E-state index contributed by atoms with van der Waals surface area (Å²) in [6.07, 6.45) is 2.03. The topological polar surface area (TPSA) is 93.2 Å². The molecule has 0 saturated carbocycles. The molecule has 1 aromatic heterocycles. The molecule has 1 saturated heterocycles. The fourth-order valence-corrected chi connectivity index (χ4v) is 4.18. The standard InChI is InChI=1S/C15H18N4O3S/c1-22-13-5-3-2-4-12(13)19-15-8-14(16-10-17-15)18-11-6-7-23(20,21)9-11/h2-5,8,10-11H,6-7,9H2,1H3,(H2,16,17,18,19). The van der Waals surface area contributed by atoms with E-state index in [2.05, 4.69) is 20.6 Å². The lowest BCUT2D eigenvalue weighted by Gasteiger charge is -2.13. The fraction of sp³-hybridized carbons (Fsp3) is 0.333. The number of sulfone groups is 1. The van der Waals surface area contributed by atoms with Crippen LogP contribution in [-0.4, -0.2) is 43.0 Å². The second-order valence-corrected chi connectivity index (χ2v) is 7.59. The molecule has 1 aliphatic rings. The third kappa shape index (κ3) is 3.89. The Bertz CT molecular complexity index is 795. The van der Waals surface area contributed by atoms with Gasteiger partial charge in [-0.2, -0.15) is 0 Å². The van der Waals surface area contributed by atoms with Crippen LogP contribution in [0.2, 0.25) is 0 Å². The van der Waals surface area contributed by atoms with E-state index >= 15 is 0 Å². The number of ether oxygens (including phenoxy) is 1. The minimum Gasteiger partial charge on any atom is -0.495 e. The van der Waals surface area contributed by atoms with Gasteiger partial charge in [0, 0.05) is 12.1 Å². The summed E-state index contributed by atoms with van der Waals surface area (Å²) >= 11 is 0. The second-order valence-electron chi connectivity index (χ2n) is 5.36. The van der Waals surface area contributed by atoms with Crippen LogP contribution in [0.4, 0.5) is 17.3 Å². The predicted octanol–water partition coefficient (Wildman–Crippen LogP) is 1.83. The lowest BCUT2D eigenvalue weighted by atomic mass is 10.2. The smallest absolute Gasteiger partial charge is 0.152 e. The van der Waals surface area contributed by atoms with Crippen molar-refractivity contribution < 1.29 is 13.2 Å². The van der Waals surface area contributed by atoms with E-state index in [9.17, 15) is 8.42 Å². The zero-order valence-electron chi connectivity index (χ0n) is 12.7. The highest BCUT2D eigenvalue weighted by molar-refractivity contribution is 7.91. The van der Waals surface area contributed by atoms with E-state index in [4.69, 9.17) is 4.74 Å². The number of para-hydroxylation sites is 2. The van der Waals surface area contributed by atoms with Crippen LogP contribution in [0.25, 0.3) is 0 Å². The Hall–Kier alpha value is -2.35. The molecule has 3 rings (SSSR count). The van der Waals surface area contributed by atoms with E-state index in [0.29, 0.717) is 23.8 Å². The monoisotopic (exact) mass is 334 g/mol. The average Bonchev–Trinajstić information content (AvgIpc) is 2.87. The molecule has 2 aromatic rings. The summed E-state index contributed by atoms with van der Waals surface area (Å²) in [7, 11) is -1.32. The van der Waals surface area contributed by atoms with Gasteiger partial charge in [0.2, 0.25) is 0 Å². The van der Waals surface area contributed by atoms with Crippen LogP contribution in [0.5, 0.6) is 5.75 Å². The van der Waals surface area contributed by atoms with Gasteiger partial charge < -0.3 is 15.4 Å². The van der Waals surface area contributed by atoms with E-state index in [1.807, 2.05) is 24.3 Å². The summed E-state index contributed by atoms with van der Waals surface area (Å²) in [6, 6.07) is 9.17. The Labute approximate surface area is 135 Å². The largest absolute Gasteiger partial charge is 0.495 e. The summed E-state index contributed by atoms with van der Waals surface area (Å²) in [5.41, 5.74) is 0.795. The third-order valence-electron chi connectivity index (χ3n) is 3.62. The molecule has 2 heterocycles. The minimum absolute atomic E-state index is 0.103. The summed E-state index contributed by atoms with van der Waals surface area (Å²) < 4.78 is 28.3. The SMILES string of the molecule is COc1ccccc1Nc1cc(NC2CCS(=O)(=O)C2)ncn1. The van der Waals surface area contributed by atoms with Crippen LogP contribution in [0.1, 0.15) is 6.42 Å². The van der Waals surface area contributed by atoms with Gasteiger partial charge in [-0.05, 0) is 18.6 Å². The normalized spacial score (nSPS) is 19.3. The summed E-state index contributed by atoms with van der Waals surface area (Å²) in [6.45, 7) is 0. The van der Waals surface area contributed by atoms with E-state index in [-0.39, 0.29) is 17.5 Å². The molecule has 0 spiro atoms. The minimum atomic E-state index is -2.92. The quantitative estimate of drug-likeness (QED) is 0.861. The Balaban J connectivity index is 1.73. The maximum absolute atomic E-state index is 11.5.